The van der Waals surface area contributed by atoms with E-state index in [1.54, 1.807) is 29.3 Å². The molecule has 3 rings (SSSR count). The van der Waals surface area contributed by atoms with Crippen molar-refractivity contribution >= 4 is 23.1 Å². The number of pyridine rings is 2. The topological polar surface area (TPSA) is 105 Å². The molecule has 3 heterocycles. The Labute approximate surface area is 156 Å². The minimum Gasteiger partial charge on any atom is -0.481 e. The first-order valence-electron chi connectivity index (χ1n) is 8.63. The van der Waals surface area contributed by atoms with Crippen LogP contribution in [0.3, 0.4) is 0 Å². The second-order valence-corrected chi connectivity index (χ2v) is 6.16. The van der Waals surface area contributed by atoms with Crippen LogP contribution in [-0.4, -0.2) is 30.8 Å². The van der Waals surface area contributed by atoms with Crippen molar-refractivity contribution in [3.05, 3.63) is 47.6 Å². The number of fused-ring (bicyclic) bond motifs is 1. The van der Waals surface area contributed by atoms with E-state index in [4.69, 9.17) is 5.26 Å². The van der Waals surface area contributed by atoms with Gasteiger partial charge in [0, 0.05) is 47.9 Å². The molecule has 0 saturated heterocycles. The molecule has 0 bridgehead atoms. The number of allylic oxidation sites excluding steroid dienone is 1. The fourth-order valence-electron chi connectivity index (χ4n) is 3.14. The molecule has 0 fully saturated rings. The van der Waals surface area contributed by atoms with E-state index in [1.165, 1.54) is 6.08 Å². The van der Waals surface area contributed by atoms with Crippen molar-refractivity contribution in [2.75, 3.05) is 0 Å². The van der Waals surface area contributed by atoms with Gasteiger partial charge < -0.3 is 5.11 Å². The molecule has 1 N–H and O–H groups in total. The van der Waals surface area contributed by atoms with Gasteiger partial charge in [0.15, 0.2) is 5.65 Å². The quantitative estimate of drug-likeness (QED) is 0.675. The Morgan fingerprint density at radius 2 is 2.19 bits per heavy atom. The molecule has 27 heavy (non-hydrogen) atoms. The second-order valence-electron chi connectivity index (χ2n) is 6.16. The molecule has 0 atom stereocenters. The maximum absolute atomic E-state index is 11.2. The summed E-state index contributed by atoms with van der Waals surface area (Å²) in [5.41, 5.74) is 4.81. The van der Waals surface area contributed by atoms with Gasteiger partial charge in [-0.2, -0.15) is 10.4 Å². The molecule has 7 nitrogen and oxygen atoms in total. The lowest BCUT2D eigenvalue weighted by molar-refractivity contribution is -0.136. The number of hydrogen-bond donors (Lipinski definition) is 1. The van der Waals surface area contributed by atoms with Crippen molar-refractivity contribution < 1.29 is 9.90 Å². The molecule has 0 aliphatic carbocycles. The van der Waals surface area contributed by atoms with Gasteiger partial charge in [0.2, 0.25) is 0 Å². The molecule has 0 saturated carbocycles. The average molecular weight is 361 g/mol. The van der Waals surface area contributed by atoms with Crippen LogP contribution in [0, 0.1) is 18.3 Å². The molecule has 3 aromatic heterocycles. The first kappa shape index (κ1) is 18.3. The summed E-state index contributed by atoms with van der Waals surface area (Å²) in [4.78, 5) is 20.2. The number of aromatic nitrogens is 4. The molecule has 3 aromatic rings. The summed E-state index contributed by atoms with van der Waals surface area (Å²) in [6.45, 7) is 4.58. The van der Waals surface area contributed by atoms with Crippen LogP contribution in [0.25, 0.3) is 28.2 Å². The molecule has 7 heteroatoms. The normalized spacial score (nSPS) is 11.1. The van der Waals surface area contributed by atoms with Crippen LogP contribution in [0.2, 0.25) is 0 Å². The van der Waals surface area contributed by atoms with Gasteiger partial charge in [-0.15, -0.1) is 0 Å². The maximum Gasteiger partial charge on any atom is 0.303 e. The van der Waals surface area contributed by atoms with Crippen LogP contribution in [-0.2, 0) is 17.8 Å². The predicted octanol–water partition coefficient (Wildman–Crippen LogP) is 3.38. The minimum atomic E-state index is -0.886. The zero-order valence-electron chi connectivity index (χ0n) is 15.2. The van der Waals surface area contributed by atoms with Crippen LogP contribution in [0.15, 0.2) is 30.7 Å². The molecular weight excluding hydrogens is 342 g/mol. The molecule has 0 radical (unpaired) electrons. The van der Waals surface area contributed by atoms with Crippen LogP contribution in [0.1, 0.15) is 30.2 Å². The Morgan fingerprint density at radius 3 is 2.85 bits per heavy atom. The summed E-state index contributed by atoms with van der Waals surface area (Å²) in [6, 6.07) is 3.98. The number of rotatable bonds is 6. The molecule has 0 aliphatic heterocycles. The standard InChI is InChI=1S/C20H19N5O2/c1-3-25-20-16(12-23-25)19(14-9-13(2)10-22-11-14)15(6-7-18(26)27)17(24-20)5-4-8-21/h4-5,9-12H,3,6-7H2,1-2H3,(H,26,27). The lowest BCUT2D eigenvalue weighted by Crippen LogP contribution is -2.05. The Kier molecular flexibility index (Phi) is 5.27. The van der Waals surface area contributed by atoms with Gasteiger partial charge in [0.25, 0.3) is 0 Å². The Balaban J connectivity index is 2.37. The lowest BCUT2D eigenvalue weighted by atomic mass is 9.93. The Hall–Kier alpha value is -3.53. The number of aliphatic carboxylic acids is 1. The van der Waals surface area contributed by atoms with E-state index >= 15 is 0 Å². The van der Waals surface area contributed by atoms with E-state index in [2.05, 4.69) is 15.1 Å². The average Bonchev–Trinajstić information content (AvgIpc) is 3.06. The molecule has 136 valence electrons. The molecule has 0 spiro atoms. The van der Waals surface area contributed by atoms with Gasteiger partial charge >= 0.3 is 5.97 Å². The summed E-state index contributed by atoms with van der Waals surface area (Å²) >= 11 is 0. The SMILES string of the molecule is CCn1ncc2c(-c3cncc(C)c3)c(CCC(=O)O)c(C=CC#N)nc21. The van der Waals surface area contributed by atoms with Gasteiger partial charge in [-0.3, -0.25) is 9.78 Å². The van der Waals surface area contributed by atoms with E-state index in [0.29, 0.717) is 24.3 Å². The summed E-state index contributed by atoms with van der Waals surface area (Å²) < 4.78 is 1.78. The maximum atomic E-state index is 11.2. The molecule has 0 aliphatic rings. The minimum absolute atomic E-state index is 0.0330. The van der Waals surface area contributed by atoms with E-state index in [-0.39, 0.29) is 6.42 Å². The third-order valence-corrected chi connectivity index (χ3v) is 4.29. The van der Waals surface area contributed by atoms with Gasteiger partial charge in [0.05, 0.1) is 18.0 Å². The predicted molar refractivity (Wildman–Crippen MR) is 102 cm³/mol. The number of nitrogens with zero attached hydrogens (tertiary/aromatic N) is 5. The van der Waals surface area contributed by atoms with Crippen molar-refractivity contribution in [1.82, 2.24) is 19.7 Å². The van der Waals surface area contributed by atoms with Crippen LogP contribution >= 0.6 is 0 Å². The summed E-state index contributed by atoms with van der Waals surface area (Å²) in [7, 11) is 0. The first-order chi connectivity index (χ1) is 13.0. The molecule has 0 amide bonds. The van der Waals surface area contributed by atoms with E-state index < -0.39 is 5.97 Å². The highest BCUT2D eigenvalue weighted by atomic mass is 16.4. The van der Waals surface area contributed by atoms with Gasteiger partial charge in [-0.25, -0.2) is 9.67 Å². The summed E-state index contributed by atoms with van der Waals surface area (Å²) in [5, 5.41) is 23.4. The second kappa shape index (κ2) is 7.79. The molecule has 0 unspecified atom stereocenters. The molecule has 0 aromatic carbocycles. The van der Waals surface area contributed by atoms with Crippen molar-refractivity contribution in [2.45, 2.75) is 33.2 Å². The highest BCUT2D eigenvalue weighted by molar-refractivity contribution is 5.96. The number of hydrogen-bond acceptors (Lipinski definition) is 5. The number of carboxylic acids is 1. The van der Waals surface area contributed by atoms with Gasteiger partial charge in [-0.1, -0.05) is 0 Å². The summed E-state index contributed by atoms with van der Waals surface area (Å²) in [5.74, 6) is -0.886. The van der Waals surface area contributed by atoms with E-state index in [1.807, 2.05) is 26.0 Å². The Morgan fingerprint density at radius 1 is 1.37 bits per heavy atom. The number of carbonyl (C=O) groups is 1. The monoisotopic (exact) mass is 361 g/mol. The zero-order valence-corrected chi connectivity index (χ0v) is 15.2. The van der Waals surface area contributed by atoms with Crippen LogP contribution < -0.4 is 0 Å². The van der Waals surface area contributed by atoms with E-state index in [0.717, 1.165) is 27.6 Å². The van der Waals surface area contributed by atoms with Gasteiger partial charge in [0.1, 0.15) is 0 Å². The largest absolute Gasteiger partial charge is 0.481 e. The third kappa shape index (κ3) is 3.70. The van der Waals surface area contributed by atoms with Gasteiger partial charge in [-0.05, 0) is 43.5 Å². The number of aryl methyl sites for hydroxylation is 2. The molecular formula is C20H19N5O2. The highest BCUT2D eigenvalue weighted by Crippen LogP contribution is 2.34. The fourth-order valence-corrected chi connectivity index (χ4v) is 3.14. The third-order valence-electron chi connectivity index (χ3n) is 4.29. The Bertz CT molecular complexity index is 1080. The van der Waals surface area contributed by atoms with Crippen LogP contribution in [0.4, 0.5) is 0 Å². The van der Waals surface area contributed by atoms with Crippen molar-refractivity contribution in [1.29, 1.82) is 5.26 Å². The highest BCUT2D eigenvalue weighted by Gasteiger charge is 2.19. The lowest BCUT2D eigenvalue weighted by Gasteiger charge is -2.14. The fraction of sp³-hybridized carbons (Fsp3) is 0.250. The smallest absolute Gasteiger partial charge is 0.303 e. The van der Waals surface area contributed by atoms with Crippen molar-refractivity contribution in [3.8, 4) is 17.2 Å². The van der Waals surface area contributed by atoms with E-state index in [9.17, 15) is 9.90 Å². The van der Waals surface area contributed by atoms with Crippen molar-refractivity contribution in [2.24, 2.45) is 0 Å². The van der Waals surface area contributed by atoms with Crippen molar-refractivity contribution in [3.63, 3.8) is 0 Å². The zero-order chi connectivity index (χ0) is 19.4. The number of carboxylic acid groups (broad SMARTS) is 1. The summed E-state index contributed by atoms with van der Waals surface area (Å²) in [6.07, 6.45) is 8.52. The van der Waals surface area contributed by atoms with Crippen LogP contribution in [0.5, 0.6) is 0 Å². The number of nitriles is 1. The first-order valence-corrected chi connectivity index (χ1v) is 8.63.